The predicted molar refractivity (Wildman–Crippen MR) is 309 cm³/mol. The van der Waals surface area contributed by atoms with Gasteiger partial charge in [0.1, 0.15) is 22.3 Å². The lowest BCUT2D eigenvalue weighted by Crippen LogP contribution is -2.09. The van der Waals surface area contributed by atoms with Crippen molar-refractivity contribution in [2.75, 3.05) is 9.80 Å². The minimum Gasteiger partial charge on any atom is -0.455 e. The number of hydrogen-bond donors (Lipinski definition) is 0. The van der Waals surface area contributed by atoms with Crippen molar-refractivity contribution in [3.8, 4) is 0 Å². The Morgan fingerprint density at radius 2 is 0.611 bits per heavy atom. The molecule has 4 heterocycles. The summed E-state index contributed by atoms with van der Waals surface area (Å²) in [6, 6.07) is 83.6. The van der Waals surface area contributed by atoms with E-state index < -0.39 is 0 Å². The van der Waals surface area contributed by atoms with Crippen LogP contribution >= 0.6 is 22.7 Å². The average molecular weight is 955 g/mol. The van der Waals surface area contributed by atoms with Crippen LogP contribution in [-0.4, -0.2) is 0 Å². The molecule has 16 aromatic rings. The molecule has 16 rings (SSSR count). The van der Waals surface area contributed by atoms with Crippen molar-refractivity contribution in [1.82, 2.24) is 0 Å². The molecule has 4 aromatic heterocycles. The molecule has 0 bridgehead atoms. The van der Waals surface area contributed by atoms with Crippen molar-refractivity contribution in [3.05, 3.63) is 231 Å². The van der Waals surface area contributed by atoms with Crippen molar-refractivity contribution < 1.29 is 8.83 Å². The Hall–Kier alpha value is -8.94. The van der Waals surface area contributed by atoms with Crippen molar-refractivity contribution in [2.45, 2.75) is 0 Å². The number of furan rings is 2. The topological polar surface area (TPSA) is 32.8 Å². The summed E-state index contributed by atoms with van der Waals surface area (Å²) >= 11 is 3.73. The third-order valence-corrected chi connectivity index (χ3v) is 17.0. The van der Waals surface area contributed by atoms with Crippen LogP contribution < -0.4 is 9.80 Å². The fourth-order valence-electron chi connectivity index (χ4n) is 11.4. The number of hydrogen-bond acceptors (Lipinski definition) is 6. The third kappa shape index (κ3) is 6.03. The quantitative estimate of drug-likeness (QED) is 0.166. The van der Waals surface area contributed by atoms with Crippen LogP contribution in [0.25, 0.3) is 117 Å². The zero-order chi connectivity index (χ0) is 47.0. The Balaban J connectivity index is 0.780. The first-order valence-electron chi connectivity index (χ1n) is 24.3. The zero-order valence-corrected chi connectivity index (χ0v) is 40.1. The van der Waals surface area contributed by atoms with Gasteiger partial charge in [-0.25, -0.2) is 0 Å². The van der Waals surface area contributed by atoms with Crippen molar-refractivity contribution in [3.63, 3.8) is 0 Å². The molecular weight excluding hydrogens is 917 g/mol. The SMILES string of the molecule is c1ccc(N(c2ccc3c(c2)oc2c4ccccc4ccc32)c2ccc3c(c2)sc2cc4cc5c(cc4cc23)sc2cc(N(c3ccccc3)c3ccc4c(c3)oc3c6ccccc6ccc43)ccc25)cc1. The van der Waals surface area contributed by atoms with E-state index in [1.807, 2.05) is 22.7 Å². The summed E-state index contributed by atoms with van der Waals surface area (Å²) in [5.74, 6) is 0. The molecule has 0 fully saturated rings. The lowest BCUT2D eigenvalue weighted by Gasteiger charge is -2.25. The lowest BCUT2D eigenvalue weighted by molar-refractivity contribution is 0.672. The molecular formula is C66H38N2O2S2. The van der Waals surface area contributed by atoms with E-state index in [4.69, 9.17) is 8.83 Å². The van der Waals surface area contributed by atoms with Gasteiger partial charge in [-0.2, -0.15) is 0 Å². The molecule has 0 radical (unpaired) electrons. The van der Waals surface area contributed by atoms with Crippen LogP contribution in [0.2, 0.25) is 0 Å². The van der Waals surface area contributed by atoms with E-state index in [0.29, 0.717) is 0 Å². The molecule has 336 valence electrons. The highest BCUT2D eigenvalue weighted by molar-refractivity contribution is 7.26. The molecule has 0 aliphatic heterocycles. The fourth-order valence-corrected chi connectivity index (χ4v) is 13.7. The van der Waals surface area contributed by atoms with E-state index in [-0.39, 0.29) is 0 Å². The summed E-state index contributed by atoms with van der Waals surface area (Å²) in [6.07, 6.45) is 0. The van der Waals surface area contributed by atoms with E-state index in [0.717, 1.165) is 88.8 Å². The maximum absolute atomic E-state index is 6.67. The maximum atomic E-state index is 6.67. The lowest BCUT2D eigenvalue weighted by atomic mass is 10.0. The number of fused-ring (bicyclic) bond motifs is 17. The van der Waals surface area contributed by atoms with Crippen LogP contribution in [0.15, 0.2) is 239 Å². The summed E-state index contributed by atoms with van der Waals surface area (Å²) in [4.78, 5) is 4.69. The van der Waals surface area contributed by atoms with E-state index >= 15 is 0 Å². The second-order valence-corrected chi connectivity index (χ2v) is 21.0. The maximum Gasteiger partial charge on any atom is 0.143 e. The Morgan fingerprint density at radius 1 is 0.236 bits per heavy atom. The van der Waals surface area contributed by atoms with Crippen LogP contribution in [0.4, 0.5) is 34.1 Å². The molecule has 0 unspecified atom stereocenters. The first-order chi connectivity index (χ1) is 35.6. The van der Waals surface area contributed by atoms with Gasteiger partial charge in [-0.1, -0.05) is 109 Å². The second kappa shape index (κ2) is 15.3. The van der Waals surface area contributed by atoms with Crippen LogP contribution in [0, 0.1) is 0 Å². The molecule has 6 heteroatoms. The second-order valence-electron chi connectivity index (χ2n) is 18.8. The first kappa shape index (κ1) is 39.9. The fraction of sp³-hybridized carbons (Fsp3) is 0. The van der Waals surface area contributed by atoms with Gasteiger partial charge in [0.2, 0.25) is 0 Å². The van der Waals surface area contributed by atoms with E-state index in [1.54, 1.807) is 0 Å². The first-order valence-corrected chi connectivity index (χ1v) is 25.9. The Labute approximate surface area is 420 Å². The molecule has 0 aliphatic carbocycles. The van der Waals surface area contributed by atoms with Gasteiger partial charge in [-0.05, 0) is 131 Å². The summed E-state index contributed by atoms with van der Waals surface area (Å²) < 4.78 is 18.4. The molecule has 4 nitrogen and oxygen atoms in total. The van der Waals surface area contributed by atoms with E-state index in [1.165, 1.54) is 61.9 Å². The van der Waals surface area contributed by atoms with Gasteiger partial charge in [-0.3, -0.25) is 0 Å². The zero-order valence-electron chi connectivity index (χ0n) is 38.5. The van der Waals surface area contributed by atoms with Crippen LogP contribution in [-0.2, 0) is 0 Å². The Bertz CT molecular complexity index is 4580. The molecule has 0 spiro atoms. The molecule has 0 saturated carbocycles. The van der Waals surface area contributed by atoms with Crippen molar-refractivity contribution >= 4 is 173 Å². The highest BCUT2D eigenvalue weighted by Gasteiger charge is 2.21. The van der Waals surface area contributed by atoms with Gasteiger partial charge in [0.25, 0.3) is 0 Å². The molecule has 0 saturated heterocycles. The number of rotatable bonds is 6. The van der Waals surface area contributed by atoms with Crippen molar-refractivity contribution in [2.24, 2.45) is 0 Å². The van der Waals surface area contributed by atoms with Crippen LogP contribution in [0.1, 0.15) is 0 Å². The van der Waals surface area contributed by atoms with E-state index in [2.05, 4.69) is 240 Å². The molecule has 72 heavy (non-hydrogen) atoms. The van der Waals surface area contributed by atoms with Crippen LogP contribution in [0.5, 0.6) is 0 Å². The Morgan fingerprint density at radius 3 is 1.07 bits per heavy atom. The molecule has 0 aliphatic rings. The third-order valence-electron chi connectivity index (χ3n) is 14.7. The standard InChI is InChI=1S/C66H38N2O2S2/c1-3-13-43(14-4-1)67(45-21-27-51-55-25-19-39-11-7-9-17-49(39)65(55)69-59(51)35-45)47-23-29-53-57-31-41-34-62-58(32-42(41)33-61(57)71-63(53)37-47)54-30-24-48(38-64(54)72-62)68(44-15-5-2-6-16-44)46-22-28-52-56-26-20-40-12-8-10-18-50(40)66(56)70-60(52)36-46/h1-38H. The average Bonchev–Trinajstić information content (AvgIpc) is 4.19. The monoisotopic (exact) mass is 954 g/mol. The van der Waals surface area contributed by atoms with Gasteiger partial charge < -0.3 is 18.6 Å². The number of para-hydroxylation sites is 2. The normalized spacial score (nSPS) is 12.2. The minimum atomic E-state index is 0.878. The highest BCUT2D eigenvalue weighted by atomic mass is 32.1. The summed E-state index contributed by atoms with van der Waals surface area (Å²) in [6.45, 7) is 0. The number of thiophene rings is 2. The number of nitrogens with zero attached hydrogens (tertiary/aromatic N) is 2. The predicted octanol–water partition coefficient (Wildman–Crippen LogP) is 20.6. The summed E-state index contributed by atoms with van der Waals surface area (Å²) in [7, 11) is 0. The van der Waals surface area contributed by atoms with E-state index in [9.17, 15) is 0 Å². The number of benzene rings is 12. The van der Waals surface area contributed by atoms with Gasteiger partial charge in [0.05, 0.1) is 0 Å². The highest BCUT2D eigenvalue weighted by Crippen LogP contribution is 2.47. The largest absolute Gasteiger partial charge is 0.455 e. The van der Waals surface area contributed by atoms with Crippen molar-refractivity contribution in [1.29, 1.82) is 0 Å². The molecule has 0 amide bonds. The minimum absolute atomic E-state index is 0.878. The summed E-state index contributed by atoms with van der Waals surface area (Å²) in [5, 5.41) is 16.7. The summed E-state index contributed by atoms with van der Waals surface area (Å²) in [5.41, 5.74) is 10.1. The Kier molecular flexibility index (Phi) is 8.46. The van der Waals surface area contributed by atoms with Gasteiger partial charge in [0, 0.05) is 119 Å². The smallest absolute Gasteiger partial charge is 0.143 e. The molecule has 0 atom stereocenters. The van der Waals surface area contributed by atoms with Gasteiger partial charge in [-0.15, -0.1) is 22.7 Å². The van der Waals surface area contributed by atoms with Crippen LogP contribution in [0.3, 0.4) is 0 Å². The molecule has 0 N–H and O–H groups in total. The van der Waals surface area contributed by atoms with Gasteiger partial charge >= 0.3 is 0 Å². The molecule has 12 aromatic carbocycles. The number of anilines is 6. The van der Waals surface area contributed by atoms with Gasteiger partial charge in [0.15, 0.2) is 0 Å².